The fraction of sp³-hybridized carbons (Fsp3) is 0.412. The molecule has 0 bridgehead atoms. The zero-order valence-electron chi connectivity index (χ0n) is 26.7. The molecule has 3 fully saturated rings. The van der Waals surface area contributed by atoms with Crippen LogP contribution in [0.25, 0.3) is 22.8 Å². The number of hydrogen-bond acceptors (Lipinski definition) is 10. The van der Waals surface area contributed by atoms with Gasteiger partial charge in [0.2, 0.25) is 0 Å². The number of carbonyl (C=O) groups excluding carboxylic acids is 1. The summed E-state index contributed by atoms with van der Waals surface area (Å²) in [6, 6.07) is 3.57. The number of fused-ring (bicyclic) bond motifs is 2. The van der Waals surface area contributed by atoms with Crippen LogP contribution in [-0.4, -0.2) is 90.8 Å². The number of thiophene rings is 1. The van der Waals surface area contributed by atoms with Gasteiger partial charge in [0.15, 0.2) is 5.82 Å². The van der Waals surface area contributed by atoms with Crippen molar-refractivity contribution in [3.8, 4) is 12.1 Å². The van der Waals surface area contributed by atoms with Gasteiger partial charge < -0.3 is 25.0 Å². The Morgan fingerprint density at radius 1 is 1.23 bits per heavy atom. The number of piperazine rings is 1. The zero-order valence-corrected chi connectivity index (χ0v) is 28.2. The predicted molar refractivity (Wildman–Crippen MR) is 184 cm³/mol. The highest BCUT2D eigenvalue weighted by atomic mass is 35.5. The molecule has 2 aromatic heterocycles. The van der Waals surface area contributed by atoms with Gasteiger partial charge in [0.25, 0.3) is 5.91 Å². The van der Waals surface area contributed by atoms with Crippen LogP contribution in [0.3, 0.4) is 0 Å². The maximum absolute atomic E-state index is 16.9. The van der Waals surface area contributed by atoms with Crippen LogP contribution in [0.5, 0.6) is 6.01 Å². The van der Waals surface area contributed by atoms with Crippen LogP contribution in [0.4, 0.5) is 19.6 Å². The van der Waals surface area contributed by atoms with E-state index in [9.17, 15) is 14.4 Å². The summed E-state index contributed by atoms with van der Waals surface area (Å²) in [6.45, 7) is 11.7. The van der Waals surface area contributed by atoms with E-state index >= 15 is 4.39 Å². The lowest BCUT2D eigenvalue weighted by Gasteiger charge is -2.36. The van der Waals surface area contributed by atoms with E-state index in [1.807, 2.05) is 11.0 Å². The van der Waals surface area contributed by atoms with E-state index in [1.165, 1.54) is 13.2 Å². The van der Waals surface area contributed by atoms with E-state index in [0.717, 1.165) is 50.1 Å². The second-order valence-corrected chi connectivity index (χ2v) is 13.7. The number of anilines is 2. The van der Waals surface area contributed by atoms with Gasteiger partial charge in [-0.1, -0.05) is 30.8 Å². The van der Waals surface area contributed by atoms with Gasteiger partial charge >= 0.3 is 6.01 Å². The molecule has 2 N–H and O–H groups in total. The lowest BCUT2D eigenvalue weighted by atomic mass is 9.95. The van der Waals surface area contributed by atoms with Crippen LogP contribution in [0.1, 0.15) is 36.8 Å². The summed E-state index contributed by atoms with van der Waals surface area (Å²) in [6.07, 6.45) is 5.82. The van der Waals surface area contributed by atoms with E-state index in [-0.39, 0.29) is 66.1 Å². The molecule has 0 atom stereocenters. The first-order chi connectivity index (χ1) is 23.2. The molecule has 1 amide bonds. The number of allylic oxidation sites excluding steroid dienone is 1. The molecule has 0 radical (unpaired) electrons. The highest BCUT2D eigenvalue weighted by Gasteiger charge is 2.45. The molecule has 3 aliphatic heterocycles. The van der Waals surface area contributed by atoms with Crippen LogP contribution < -0.4 is 25.1 Å². The first-order valence-corrected chi connectivity index (χ1v) is 16.9. The second-order valence-electron chi connectivity index (χ2n) is 12.2. The van der Waals surface area contributed by atoms with Crippen molar-refractivity contribution in [2.45, 2.75) is 31.2 Å². The number of aromatic nitrogens is 2. The monoisotopic (exact) mass is 695 g/mol. The molecule has 3 saturated heterocycles. The quantitative estimate of drug-likeness (QED) is 0.333. The number of benzene rings is 1. The molecular weight excluding hydrogens is 660 g/mol. The smallest absolute Gasteiger partial charge is 0.319 e. The van der Waals surface area contributed by atoms with Crippen molar-refractivity contribution >= 4 is 62.5 Å². The lowest BCUT2D eigenvalue weighted by molar-refractivity contribution is -0.127. The maximum atomic E-state index is 16.9. The summed E-state index contributed by atoms with van der Waals surface area (Å²) in [7, 11) is 1.51. The van der Waals surface area contributed by atoms with E-state index in [0.29, 0.717) is 55.9 Å². The Morgan fingerprint density at radius 2 is 1.94 bits per heavy atom. The second kappa shape index (κ2) is 13.8. The molecule has 14 heteroatoms. The maximum Gasteiger partial charge on any atom is 0.319 e. The number of nitrogens with zero attached hydrogens (tertiary/aromatic N) is 6. The van der Waals surface area contributed by atoms with Gasteiger partial charge in [-0.05, 0) is 50.4 Å². The highest BCUT2D eigenvalue weighted by Crippen LogP contribution is 2.40. The third kappa shape index (κ3) is 5.91. The van der Waals surface area contributed by atoms with Crippen LogP contribution in [0, 0.1) is 17.1 Å². The molecule has 48 heavy (non-hydrogen) atoms. The fourth-order valence-corrected chi connectivity index (χ4v) is 8.34. The molecule has 0 aliphatic carbocycles. The lowest BCUT2D eigenvalue weighted by Crippen LogP contribution is -2.49. The van der Waals surface area contributed by atoms with E-state index in [2.05, 4.69) is 23.0 Å². The van der Waals surface area contributed by atoms with Crippen LogP contribution in [-0.2, 0) is 9.53 Å². The van der Waals surface area contributed by atoms with Crippen molar-refractivity contribution < 1.29 is 23.0 Å². The van der Waals surface area contributed by atoms with Crippen molar-refractivity contribution in [2.24, 2.45) is 0 Å². The van der Waals surface area contributed by atoms with Crippen molar-refractivity contribution in [3.05, 3.63) is 62.6 Å². The first kappa shape index (κ1) is 33.8. The van der Waals surface area contributed by atoms with E-state index in [4.69, 9.17) is 31.8 Å². The Morgan fingerprint density at radius 3 is 2.56 bits per heavy atom. The molecule has 3 aliphatic rings. The number of nitriles is 1. The summed E-state index contributed by atoms with van der Waals surface area (Å²) in [5.74, 6) is -0.578. The number of nitrogens with two attached hydrogens (primary N) is 1. The average molecular weight is 696 g/mol. The Bertz CT molecular complexity index is 1960. The summed E-state index contributed by atoms with van der Waals surface area (Å²) in [5, 5.41) is 10.3. The topological polar surface area (TPSA) is 121 Å². The molecule has 10 nitrogen and oxygen atoms in total. The Labute approximate surface area is 286 Å². The van der Waals surface area contributed by atoms with Gasteiger partial charge in [-0.15, -0.1) is 11.3 Å². The van der Waals surface area contributed by atoms with Gasteiger partial charge in [-0.2, -0.15) is 15.2 Å². The predicted octanol–water partition coefficient (Wildman–Crippen LogP) is 3.89. The highest BCUT2D eigenvalue weighted by molar-refractivity contribution is 7.14. The van der Waals surface area contributed by atoms with Gasteiger partial charge in [0.1, 0.15) is 35.3 Å². The fourth-order valence-electron chi connectivity index (χ4n) is 7.20. The molecule has 0 spiro atoms. The number of amides is 1. The molecule has 6 rings (SSSR count). The number of carbonyl (C=O) groups is 1. The number of methoxy groups -OCH3 is 1. The third-order valence-corrected chi connectivity index (χ3v) is 10.8. The number of ether oxygens (including phenoxy) is 2. The van der Waals surface area contributed by atoms with Crippen molar-refractivity contribution in [3.63, 3.8) is 0 Å². The van der Waals surface area contributed by atoms with Crippen molar-refractivity contribution in [2.75, 3.05) is 70.2 Å². The normalized spacial score (nSPS) is 18.6. The van der Waals surface area contributed by atoms with E-state index < -0.39 is 5.82 Å². The molecular formula is C34H36ClF2N7O3S. The largest absolute Gasteiger partial charge is 0.461 e. The third-order valence-electron chi connectivity index (χ3n) is 9.53. The molecule has 1 aromatic carbocycles. The Hall–Kier alpha value is -4.09. The molecule has 5 heterocycles. The number of hydrogen-bond donors (Lipinski definition) is 1. The molecule has 0 unspecified atom stereocenters. The zero-order chi connectivity index (χ0) is 34.2. The summed E-state index contributed by atoms with van der Waals surface area (Å²) >= 11 is 7.68. The Balaban J connectivity index is 1.47. The van der Waals surface area contributed by atoms with E-state index in [1.54, 1.807) is 11.0 Å². The minimum Gasteiger partial charge on any atom is -0.461 e. The average Bonchev–Trinajstić information content (AvgIpc) is 3.77. The SMILES string of the molecule is C=C/C(c1c(Cl)cc2c(N3CCN(C(=O)C(=C)COC)CC3)nc(OCC34CCCN3CCC4)nc2c1F)=c1/c(C#N)c(N)s/c1=C\F. The summed E-state index contributed by atoms with van der Waals surface area (Å²) < 4.78 is 42.4. The van der Waals surface area contributed by atoms with Crippen LogP contribution in [0.15, 0.2) is 30.9 Å². The number of nitrogen functional groups attached to an aromatic ring is 1. The Kier molecular flexibility index (Phi) is 9.71. The summed E-state index contributed by atoms with van der Waals surface area (Å²) in [4.78, 5) is 28.3. The number of halogens is 3. The number of rotatable bonds is 9. The minimum absolute atomic E-state index is 0.000649. The molecule has 252 valence electrons. The van der Waals surface area contributed by atoms with Crippen LogP contribution in [0.2, 0.25) is 5.02 Å². The van der Waals surface area contributed by atoms with Crippen molar-refractivity contribution in [1.82, 2.24) is 19.8 Å². The standard InChI is InChI=1S/C34H36ClF2N7O3S/c1-4-21(26-23(17-38)30(39)48-25(26)16-36)27-24(35)15-22-29(28(27)37)40-33(47-19-34-7-5-9-44(34)10-6-8-34)41-31(22)42-11-13-43(14-12-42)32(45)20(2)18-46-3/h4,15-16H,1-2,5-14,18-19,39H2,3H3/b25-16-,26-21+. The van der Waals surface area contributed by atoms with Gasteiger partial charge in [-0.3, -0.25) is 9.69 Å². The molecule has 0 saturated carbocycles. The van der Waals surface area contributed by atoms with Crippen molar-refractivity contribution in [1.29, 1.82) is 5.26 Å². The summed E-state index contributed by atoms with van der Waals surface area (Å²) in [5.41, 5.74) is 6.22. The van der Waals surface area contributed by atoms with Gasteiger partial charge in [0.05, 0.1) is 27.3 Å². The minimum atomic E-state index is -0.800. The first-order valence-electron chi connectivity index (χ1n) is 15.7. The molecule has 3 aromatic rings. The van der Waals surface area contributed by atoms with Gasteiger partial charge in [0, 0.05) is 55.0 Å². The van der Waals surface area contributed by atoms with Crippen LogP contribution >= 0.6 is 22.9 Å². The van der Waals surface area contributed by atoms with Gasteiger partial charge in [-0.25, -0.2) is 8.78 Å².